The molecule has 0 fully saturated rings. The van der Waals surface area contributed by atoms with Crippen LogP contribution in [0.1, 0.15) is 40.5 Å². The third kappa shape index (κ3) is 4.01. The van der Waals surface area contributed by atoms with E-state index < -0.39 is 0 Å². The summed E-state index contributed by atoms with van der Waals surface area (Å²) >= 11 is 1.41. The molecule has 1 aliphatic rings. The van der Waals surface area contributed by atoms with E-state index >= 15 is 0 Å². The average molecular weight is 430 g/mol. The molecule has 5 rings (SSSR count). The third-order valence-corrected chi connectivity index (χ3v) is 6.72. The Labute approximate surface area is 185 Å². The molecule has 0 aliphatic carbocycles. The molecule has 1 N–H and O–H groups in total. The molecule has 3 heterocycles. The molecule has 6 nitrogen and oxygen atoms in total. The molecule has 0 bridgehead atoms. The highest BCUT2D eigenvalue weighted by Gasteiger charge is 2.18. The maximum Gasteiger partial charge on any atom is 0.267 e. The van der Waals surface area contributed by atoms with Gasteiger partial charge in [-0.2, -0.15) is 0 Å². The van der Waals surface area contributed by atoms with Crippen LogP contribution in [0.15, 0.2) is 54.6 Å². The Kier molecular flexibility index (Phi) is 5.34. The number of amides is 1. The number of anilines is 1. The number of aromatic nitrogens is 4. The van der Waals surface area contributed by atoms with Crippen molar-refractivity contribution in [2.75, 3.05) is 5.32 Å². The van der Waals surface area contributed by atoms with E-state index in [2.05, 4.69) is 25.1 Å². The zero-order chi connectivity index (χ0) is 21.2. The van der Waals surface area contributed by atoms with Crippen LogP contribution in [0.3, 0.4) is 0 Å². The van der Waals surface area contributed by atoms with E-state index in [0.29, 0.717) is 4.88 Å². The van der Waals surface area contributed by atoms with Gasteiger partial charge in [-0.15, -0.1) is 21.5 Å². The third-order valence-electron chi connectivity index (χ3n) is 5.51. The van der Waals surface area contributed by atoms with Gasteiger partial charge in [0.05, 0.1) is 5.69 Å². The van der Waals surface area contributed by atoms with Crippen LogP contribution in [0.2, 0.25) is 0 Å². The highest BCUT2D eigenvalue weighted by molar-refractivity contribution is 7.17. The van der Waals surface area contributed by atoms with Crippen molar-refractivity contribution in [3.05, 3.63) is 71.0 Å². The minimum absolute atomic E-state index is 0.144. The summed E-state index contributed by atoms with van der Waals surface area (Å²) in [5.74, 6) is 1.78. The van der Waals surface area contributed by atoms with Crippen LogP contribution in [0, 0.1) is 6.92 Å². The Morgan fingerprint density at radius 2 is 1.84 bits per heavy atom. The van der Waals surface area contributed by atoms with Gasteiger partial charge >= 0.3 is 0 Å². The smallest absolute Gasteiger partial charge is 0.267 e. The van der Waals surface area contributed by atoms with Gasteiger partial charge in [0, 0.05) is 29.8 Å². The average Bonchev–Trinajstić information content (AvgIpc) is 3.30. The maximum absolute atomic E-state index is 13.0. The number of hydrogen-bond acceptors (Lipinski definition) is 5. The lowest BCUT2D eigenvalue weighted by molar-refractivity contribution is 0.103. The summed E-state index contributed by atoms with van der Waals surface area (Å²) in [6, 6.07) is 17.8. The molecule has 0 unspecified atom stereocenters. The molecule has 0 spiro atoms. The second-order valence-corrected chi connectivity index (χ2v) is 8.74. The van der Waals surface area contributed by atoms with Crippen LogP contribution < -0.4 is 5.32 Å². The molecule has 1 amide bonds. The standard InChI is InChI=1S/C24H23N5OS/c1-16-21(31-24(25-16)17-9-4-2-5-10-17)23(30)26-19-12-8-11-18(15-19)22-28-27-20-13-6-3-7-14-29(20)22/h2,4-5,8-12,15H,3,6-7,13-14H2,1H3,(H,26,30). The summed E-state index contributed by atoms with van der Waals surface area (Å²) in [6.07, 6.45) is 4.49. The molecule has 7 heteroatoms. The van der Waals surface area contributed by atoms with Gasteiger partial charge in [0.1, 0.15) is 15.7 Å². The van der Waals surface area contributed by atoms with Crippen molar-refractivity contribution in [3.63, 3.8) is 0 Å². The first-order chi connectivity index (χ1) is 15.2. The van der Waals surface area contributed by atoms with Gasteiger partial charge in [-0.05, 0) is 31.9 Å². The fourth-order valence-corrected chi connectivity index (χ4v) is 4.90. The predicted octanol–water partition coefficient (Wildman–Crippen LogP) is 5.36. The van der Waals surface area contributed by atoms with Gasteiger partial charge in [-0.25, -0.2) is 4.98 Å². The van der Waals surface area contributed by atoms with Gasteiger partial charge in [-0.1, -0.05) is 48.9 Å². The van der Waals surface area contributed by atoms with Crippen LogP contribution in [0.4, 0.5) is 5.69 Å². The fraction of sp³-hybridized carbons (Fsp3) is 0.250. The molecular formula is C24H23N5OS. The van der Waals surface area contributed by atoms with Crippen molar-refractivity contribution in [2.45, 2.75) is 39.2 Å². The highest BCUT2D eigenvalue weighted by atomic mass is 32.1. The van der Waals surface area contributed by atoms with Gasteiger partial charge < -0.3 is 9.88 Å². The number of rotatable bonds is 4. The van der Waals surface area contributed by atoms with Gasteiger partial charge in [-0.3, -0.25) is 4.79 Å². The SMILES string of the molecule is Cc1nc(-c2ccccc2)sc1C(=O)Nc1cccc(-c2nnc3n2CCCCC3)c1. The molecule has 1 aliphatic heterocycles. The second-order valence-electron chi connectivity index (χ2n) is 7.74. The first-order valence-corrected chi connectivity index (χ1v) is 11.4. The van der Waals surface area contributed by atoms with Crippen molar-refractivity contribution in [1.29, 1.82) is 0 Å². The minimum Gasteiger partial charge on any atom is -0.321 e. The normalized spacial score (nSPS) is 13.5. The van der Waals surface area contributed by atoms with Crippen LogP contribution >= 0.6 is 11.3 Å². The minimum atomic E-state index is -0.144. The summed E-state index contributed by atoms with van der Waals surface area (Å²) in [5, 5.41) is 12.7. The summed E-state index contributed by atoms with van der Waals surface area (Å²) in [5.41, 5.74) is 3.46. The number of benzene rings is 2. The number of nitrogens with one attached hydrogen (secondary N) is 1. The summed E-state index contributed by atoms with van der Waals surface area (Å²) in [6.45, 7) is 2.82. The molecule has 0 radical (unpaired) electrons. The molecule has 4 aromatic rings. The molecule has 0 saturated carbocycles. The molecule has 2 aromatic heterocycles. The summed E-state index contributed by atoms with van der Waals surface area (Å²) in [7, 11) is 0. The molecule has 2 aromatic carbocycles. The first-order valence-electron chi connectivity index (χ1n) is 10.6. The molecule has 0 atom stereocenters. The number of carbonyl (C=O) groups excluding carboxylic acids is 1. The Hall–Kier alpha value is -3.32. The second kappa shape index (κ2) is 8.43. The number of carbonyl (C=O) groups is 1. The van der Waals surface area contributed by atoms with E-state index in [0.717, 1.165) is 65.0 Å². The monoisotopic (exact) mass is 429 g/mol. The molecule has 0 saturated heterocycles. The van der Waals surface area contributed by atoms with E-state index in [1.165, 1.54) is 17.8 Å². The maximum atomic E-state index is 13.0. The largest absolute Gasteiger partial charge is 0.321 e. The van der Waals surface area contributed by atoms with Crippen molar-refractivity contribution < 1.29 is 4.79 Å². The van der Waals surface area contributed by atoms with Crippen LogP contribution in [-0.2, 0) is 13.0 Å². The Balaban J connectivity index is 1.39. The number of fused-ring (bicyclic) bond motifs is 1. The van der Waals surface area contributed by atoms with Crippen molar-refractivity contribution >= 4 is 22.9 Å². The molecule has 156 valence electrons. The quantitative estimate of drug-likeness (QED) is 0.474. The summed E-state index contributed by atoms with van der Waals surface area (Å²) in [4.78, 5) is 18.2. The van der Waals surface area contributed by atoms with Crippen molar-refractivity contribution in [2.24, 2.45) is 0 Å². The van der Waals surface area contributed by atoms with E-state index in [-0.39, 0.29) is 5.91 Å². The zero-order valence-corrected chi connectivity index (χ0v) is 18.2. The van der Waals surface area contributed by atoms with Crippen molar-refractivity contribution in [3.8, 4) is 22.0 Å². The van der Waals surface area contributed by atoms with E-state index in [1.54, 1.807) is 0 Å². The Bertz CT molecular complexity index is 1230. The van der Waals surface area contributed by atoms with Crippen LogP contribution in [0.25, 0.3) is 22.0 Å². The van der Waals surface area contributed by atoms with E-state index in [4.69, 9.17) is 0 Å². The van der Waals surface area contributed by atoms with Crippen LogP contribution in [0.5, 0.6) is 0 Å². The Morgan fingerprint density at radius 3 is 2.71 bits per heavy atom. The van der Waals surface area contributed by atoms with Gasteiger partial charge in [0.25, 0.3) is 5.91 Å². The van der Waals surface area contributed by atoms with Gasteiger partial charge in [0.2, 0.25) is 0 Å². The predicted molar refractivity (Wildman–Crippen MR) is 123 cm³/mol. The van der Waals surface area contributed by atoms with E-state index in [9.17, 15) is 4.79 Å². The summed E-state index contributed by atoms with van der Waals surface area (Å²) < 4.78 is 2.22. The van der Waals surface area contributed by atoms with Crippen LogP contribution in [-0.4, -0.2) is 25.7 Å². The Morgan fingerprint density at radius 1 is 1.00 bits per heavy atom. The number of aryl methyl sites for hydroxylation is 2. The van der Waals surface area contributed by atoms with E-state index in [1.807, 2.05) is 61.5 Å². The topological polar surface area (TPSA) is 72.7 Å². The lowest BCUT2D eigenvalue weighted by Crippen LogP contribution is -2.11. The molecular weight excluding hydrogens is 406 g/mol. The lowest BCUT2D eigenvalue weighted by atomic mass is 10.2. The first kappa shape index (κ1) is 19.6. The number of hydrogen-bond donors (Lipinski definition) is 1. The lowest BCUT2D eigenvalue weighted by Gasteiger charge is -2.09. The van der Waals surface area contributed by atoms with Gasteiger partial charge in [0.15, 0.2) is 5.82 Å². The number of thiazole rings is 1. The number of nitrogens with zero attached hydrogens (tertiary/aromatic N) is 4. The van der Waals surface area contributed by atoms with Crippen molar-refractivity contribution in [1.82, 2.24) is 19.7 Å². The fourth-order valence-electron chi connectivity index (χ4n) is 3.93. The molecule has 31 heavy (non-hydrogen) atoms. The highest BCUT2D eigenvalue weighted by Crippen LogP contribution is 2.29. The zero-order valence-electron chi connectivity index (χ0n) is 17.3.